The quantitative estimate of drug-likeness (QED) is 0.643. The Balaban J connectivity index is 1.68. The lowest BCUT2D eigenvalue weighted by molar-refractivity contribution is -0.125. The summed E-state index contributed by atoms with van der Waals surface area (Å²) in [5.41, 5.74) is 1.81. The van der Waals surface area contributed by atoms with E-state index in [4.69, 9.17) is 9.47 Å². The number of amides is 1. The average molecular weight is 386 g/mol. The number of nitrogens with zero attached hydrogens (tertiary/aromatic N) is 3. The molecule has 3 rings (SSSR count). The van der Waals surface area contributed by atoms with E-state index >= 15 is 0 Å². The molecule has 0 aromatic carbocycles. The van der Waals surface area contributed by atoms with Gasteiger partial charge in [-0.25, -0.2) is 0 Å². The zero-order valence-corrected chi connectivity index (χ0v) is 15.9. The molecule has 1 fully saturated rings. The molecular weight excluding hydrogens is 360 g/mol. The fourth-order valence-electron chi connectivity index (χ4n) is 3.25. The number of aliphatic hydroxyl groups is 1. The minimum atomic E-state index is -0.740. The van der Waals surface area contributed by atoms with Crippen molar-refractivity contribution >= 4 is 5.91 Å². The molecule has 3 unspecified atom stereocenters. The Morgan fingerprint density at radius 2 is 1.86 bits per heavy atom. The Morgan fingerprint density at radius 1 is 1.21 bits per heavy atom. The van der Waals surface area contributed by atoms with Crippen LogP contribution in [0.3, 0.4) is 0 Å². The molecule has 1 aliphatic heterocycles. The third kappa shape index (κ3) is 5.56. The highest BCUT2D eigenvalue weighted by atomic mass is 16.5. The van der Waals surface area contributed by atoms with E-state index in [1.54, 1.807) is 12.4 Å². The summed E-state index contributed by atoms with van der Waals surface area (Å²) in [6, 6.07) is 11.3. The lowest BCUT2D eigenvalue weighted by Gasteiger charge is -2.30. The van der Waals surface area contributed by atoms with Crippen LogP contribution in [-0.4, -0.2) is 71.0 Å². The SMILES string of the molecule is COCC(=O)NCC1OCC(N(Cc2ccccn2)Cc2ccccn2)C1O. The second-order valence-electron chi connectivity index (χ2n) is 6.71. The van der Waals surface area contributed by atoms with E-state index in [1.807, 2.05) is 36.4 Å². The predicted octanol–water partition coefficient (Wildman–Crippen LogP) is 0.370. The lowest BCUT2D eigenvalue weighted by Crippen LogP contribution is -2.47. The predicted molar refractivity (Wildman–Crippen MR) is 102 cm³/mol. The van der Waals surface area contributed by atoms with E-state index < -0.39 is 12.2 Å². The summed E-state index contributed by atoms with van der Waals surface area (Å²) in [6.07, 6.45) is 2.30. The highest BCUT2D eigenvalue weighted by Crippen LogP contribution is 2.22. The first-order valence-electron chi connectivity index (χ1n) is 9.26. The summed E-state index contributed by atoms with van der Waals surface area (Å²) >= 11 is 0. The Hall–Kier alpha value is -2.39. The second-order valence-corrected chi connectivity index (χ2v) is 6.71. The first kappa shape index (κ1) is 20.3. The molecule has 2 aromatic rings. The second kappa shape index (κ2) is 10.2. The van der Waals surface area contributed by atoms with Crippen molar-refractivity contribution in [3.63, 3.8) is 0 Å². The summed E-state index contributed by atoms with van der Waals surface area (Å²) in [4.78, 5) is 22.5. The molecule has 0 bridgehead atoms. The molecular formula is C20H26N4O4. The van der Waals surface area contributed by atoms with Crippen molar-refractivity contribution in [2.24, 2.45) is 0 Å². The number of carbonyl (C=O) groups is 1. The number of carbonyl (C=O) groups excluding carboxylic acids is 1. The van der Waals surface area contributed by atoms with Gasteiger partial charge in [0, 0.05) is 39.1 Å². The Labute approximate surface area is 164 Å². The van der Waals surface area contributed by atoms with Gasteiger partial charge in [0.25, 0.3) is 0 Å². The molecule has 28 heavy (non-hydrogen) atoms. The zero-order chi connectivity index (χ0) is 19.8. The summed E-state index contributed by atoms with van der Waals surface area (Å²) in [6.45, 7) is 1.71. The molecule has 8 heteroatoms. The van der Waals surface area contributed by atoms with Gasteiger partial charge in [0.05, 0.1) is 30.1 Å². The van der Waals surface area contributed by atoms with Crippen molar-refractivity contribution in [3.8, 4) is 0 Å². The van der Waals surface area contributed by atoms with E-state index in [2.05, 4.69) is 20.2 Å². The van der Waals surface area contributed by atoms with Crippen LogP contribution in [0.2, 0.25) is 0 Å². The van der Waals surface area contributed by atoms with Gasteiger partial charge in [0.15, 0.2) is 0 Å². The number of aromatic nitrogens is 2. The highest BCUT2D eigenvalue weighted by Gasteiger charge is 2.39. The van der Waals surface area contributed by atoms with E-state index in [0.29, 0.717) is 19.7 Å². The van der Waals surface area contributed by atoms with Crippen LogP contribution < -0.4 is 5.32 Å². The number of methoxy groups -OCH3 is 1. The fourth-order valence-corrected chi connectivity index (χ4v) is 3.25. The molecule has 3 heterocycles. The Morgan fingerprint density at radius 3 is 2.39 bits per heavy atom. The molecule has 1 amide bonds. The van der Waals surface area contributed by atoms with Gasteiger partial charge < -0.3 is 19.9 Å². The smallest absolute Gasteiger partial charge is 0.246 e. The number of pyridine rings is 2. The van der Waals surface area contributed by atoms with Crippen molar-refractivity contribution in [3.05, 3.63) is 60.2 Å². The topological polar surface area (TPSA) is 96.8 Å². The molecule has 8 nitrogen and oxygen atoms in total. The molecule has 0 spiro atoms. The first-order valence-corrected chi connectivity index (χ1v) is 9.26. The normalized spacial score (nSPS) is 21.8. The maximum atomic E-state index is 11.6. The van der Waals surface area contributed by atoms with Gasteiger partial charge in [0.1, 0.15) is 12.7 Å². The maximum Gasteiger partial charge on any atom is 0.246 e. The zero-order valence-electron chi connectivity index (χ0n) is 15.9. The lowest BCUT2D eigenvalue weighted by atomic mass is 10.1. The number of nitrogens with one attached hydrogen (secondary N) is 1. The van der Waals surface area contributed by atoms with Gasteiger partial charge in [0.2, 0.25) is 5.91 Å². The van der Waals surface area contributed by atoms with Gasteiger partial charge >= 0.3 is 0 Å². The van der Waals surface area contributed by atoms with Crippen molar-refractivity contribution < 1.29 is 19.4 Å². The van der Waals surface area contributed by atoms with Crippen LogP contribution >= 0.6 is 0 Å². The third-order valence-corrected chi connectivity index (χ3v) is 4.68. The minimum Gasteiger partial charge on any atom is -0.389 e. The summed E-state index contributed by atoms with van der Waals surface area (Å²) in [5.74, 6) is -0.236. The van der Waals surface area contributed by atoms with Gasteiger partial charge in [-0.3, -0.25) is 19.7 Å². The summed E-state index contributed by atoms with van der Waals surface area (Å²) < 4.78 is 10.6. The summed E-state index contributed by atoms with van der Waals surface area (Å²) in [7, 11) is 1.46. The van der Waals surface area contributed by atoms with Crippen molar-refractivity contribution in [2.75, 3.05) is 26.9 Å². The van der Waals surface area contributed by atoms with Crippen LogP contribution in [0.25, 0.3) is 0 Å². The molecule has 2 N–H and O–H groups in total. The van der Waals surface area contributed by atoms with Gasteiger partial charge in [-0.2, -0.15) is 0 Å². The third-order valence-electron chi connectivity index (χ3n) is 4.68. The molecule has 1 saturated heterocycles. The number of hydrogen-bond donors (Lipinski definition) is 2. The standard InChI is InChI=1S/C20H26N4O4/c1-27-14-19(25)23-10-18-20(26)17(13-28-18)24(11-15-6-2-4-8-21-15)12-16-7-3-5-9-22-16/h2-9,17-18,20,26H,10-14H2,1H3,(H,23,25). The maximum absolute atomic E-state index is 11.6. The molecule has 0 saturated carbocycles. The van der Waals surface area contributed by atoms with Crippen molar-refractivity contribution in [2.45, 2.75) is 31.3 Å². The minimum absolute atomic E-state index is 0.0161. The average Bonchev–Trinajstić information content (AvgIpc) is 3.08. The molecule has 0 aliphatic carbocycles. The van der Waals surface area contributed by atoms with Crippen LogP contribution in [0.5, 0.6) is 0 Å². The van der Waals surface area contributed by atoms with Gasteiger partial charge in [-0.15, -0.1) is 0 Å². The first-order chi connectivity index (χ1) is 13.7. The van der Waals surface area contributed by atoms with E-state index in [0.717, 1.165) is 11.4 Å². The number of ether oxygens (including phenoxy) is 2. The fraction of sp³-hybridized carbons (Fsp3) is 0.450. The van der Waals surface area contributed by atoms with Crippen LogP contribution in [0.4, 0.5) is 0 Å². The van der Waals surface area contributed by atoms with Crippen LogP contribution in [0, 0.1) is 0 Å². The van der Waals surface area contributed by atoms with E-state index in [9.17, 15) is 9.90 Å². The van der Waals surface area contributed by atoms with Crippen LogP contribution in [-0.2, 0) is 27.4 Å². The Kier molecular flexibility index (Phi) is 7.44. The number of aliphatic hydroxyl groups excluding tert-OH is 1. The van der Waals surface area contributed by atoms with E-state index in [1.165, 1.54) is 7.11 Å². The number of hydrogen-bond acceptors (Lipinski definition) is 7. The van der Waals surface area contributed by atoms with Gasteiger partial charge in [-0.05, 0) is 24.3 Å². The largest absolute Gasteiger partial charge is 0.389 e. The van der Waals surface area contributed by atoms with Crippen molar-refractivity contribution in [1.29, 1.82) is 0 Å². The number of rotatable bonds is 9. The molecule has 1 aliphatic rings. The van der Waals surface area contributed by atoms with Gasteiger partial charge in [-0.1, -0.05) is 12.1 Å². The Bertz CT molecular complexity index is 690. The van der Waals surface area contributed by atoms with Crippen LogP contribution in [0.15, 0.2) is 48.8 Å². The molecule has 150 valence electrons. The summed E-state index contributed by atoms with van der Waals surface area (Å²) in [5, 5.41) is 13.6. The molecule has 0 radical (unpaired) electrons. The molecule has 3 atom stereocenters. The van der Waals surface area contributed by atoms with Crippen LogP contribution in [0.1, 0.15) is 11.4 Å². The molecule has 2 aromatic heterocycles. The monoisotopic (exact) mass is 386 g/mol. The van der Waals surface area contributed by atoms with Crippen molar-refractivity contribution in [1.82, 2.24) is 20.2 Å². The highest BCUT2D eigenvalue weighted by molar-refractivity contribution is 5.77. The van der Waals surface area contributed by atoms with E-state index in [-0.39, 0.29) is 25.1 Å².